The highest BCUT2D eigenvalue weighted by Gasteiger charge is 2.25. The van der Waals surface area contributed by atoms with Crippen molar-refractivity contribution in [3.63, 3.8) is 0 Å². The molecule has 166 valence electrons. The monoisotopic (exact) mass is 408 g/mol. The van der Waals surface area contributed by atoms with E-state index in [9.17, 15) is 4.79 Å². The zero-order valence-electron chi connectivity index (χ0n) is 18.1. The molecule has 4 atom stereocenters. The number of carbonyl (C=O) groups is 1. The first-order valence-electron chi connectivity index (χ1n) is 11.6. The van der Waals surface area contributed by atoms with Crippen LogP contribution in [-0.4, -0.2) is 43.3 Å². The molecule has 0 aromatic carbocycles. The number of allylic oxidation sites excluding steroid dienone is 2. The van der Waals surface area contributed by atoms with E-state index in [2.05, 4.69) is 31.2 Å². The Hall–Kier alpha value is -1.17. The van der Waals surface area contributed by atoms with E-state index in [0.717, 1.165) is 51.9 Å². The van der Waals surface area contributed by atoms with E-state index >= 15 is 0 Å². The van der Waals surface area contributed by atoms with E-state index in [4.69, 9.17) is 19.3 Å². The van der Waals surface area contributed by atoms with Crippen LogP contribution in [0.5, 0.6) is 0 Å². The summed E-state index contributed by atoms with van der Waals surface area (Å²) in [5.74, 6) is 0.189. The summed E-state index contributed by atoms with van der Waals surface area (Å²) in [4.78, 5) is 10.6. The Kier molecular flexibility index (Phi) is 12.3. The van der Waals surface area contributed by atoms with Gasteiger partial charge < -0.3 is 19.3 Å². The molecule has 0 aromatic heterocycles. The van der Waals surface area contributed by atoms with Gasteiger partial charge in [0.1, 0.15) is 0 Å². The average Bonchev–Trinajstić information content (AvgIpc) is 3.16. The van der Waals surface area contributed by atoms with Crippen LogP contribution in [0.15, 0.2) is 24.3 Å². The Morgan fingerprint density at radius 2 is 2.10 bits per heavy atom. The van der Waals surface area contributed by atoms with Gasteiger partial charge in [0.15, 0.2) is 6.29 Å². The summed E-state index contributed by atoms with van der Waals surface area (Å²) in [7, 11) is 0. The second-order valence-electron chi connectivity index (χ2n) is 8.31. The lowest BCUT2D eigenvalue weighted by molar-refractivity contribution is -0.179. The summed E-state index contributed by atoms with van der Waals surface area (Å²) in [5.41, 5.74) is 0. The minimum Gasteiger partial charge on any atom is -0.481 e. The Morgan fingerprint density at radius 1 is 1.21 bits per heavy atom. The summed E-state index contributed by atoms with van der Waals surface area (Å²) in [5, 5.41) is 8.69. The van der Waals surface area contributed by atoms with Crippen LogP contribution in [0.3, 0.4) is 0 Å². The molecule has 2 heterocycles. The Morgan fingerprint density at radius 3 is 2.86 bits per heavy atom. The molecule has 2 unspecified atom stereocenters. The molecule has 0 spiro atoms. The van der Waals surface area contributed by atoms with Crippen molar-refractivity contribution in [1.82, 2.24) is 0 Å². The maximum absolute atomic E-state index is 10.6. The van der Waals surface area contributed by atoms with Crippen molar-refractivity contribution in [1.29, 1.82) is 0 Å². The van der Waals surface area contributed by atoms with Gasteiger partial charge in [0.2, 0.25) is 0 Å². The molecule has 5 nitrogen and oxygen atoms in total. The van der Waals surface area contributed by atoms with Crippen LogP contribution in [0.1, 0.15) is 77.6 Å². The second-order valence-corrected chi connectivity index (χ2v) is 8.31. The molecular weight excluding hydrogens is 368 g/mol. The lowest BCUT2D eigenvalue weighted by Gasteiger charge is -2.26. The van der Waals surface area contributed by atoms with Gasteiger partial charge >= 0.3 is 5.97 Å². The molecule has 2 saturated heterocycles. The summed E-state index contributed by atoms with van der Waals surface area (Å²) in [6.07, 6.45) is 19.7. The van der Waals surface area contributed by atoms with E-state index < -0.39 is 5.97 Å². The largest absolute Gasteiger partial charge is 0.481 e. The lowest BCUT2D eigenvalue weighted by atomic mass is 9.91. The van der Waals surface area contributed by atoms with Gasteiger partial charge in [-0.1, -0.05) is 50.5 Å². The number of hydrogen-bond acceptors (Lipinski definition) is 4. The third kappa shape index (κ3) is 10.4. The summed E-state index contributed by atoms with van der Waals surface area (Å²) < 4.78 is 17.8. The Labute approximate surface area is 176 Å². The highest BCUT2D eigenvalue weighted by atomic mass is 16.7. The van der Waals surface area contributed by atoms with Crippen molar-refractivity contribution >= 4 is 5.97 Å². The minimum atomic E-state index is -0.720. The quantitative estimate of drug-likeness (QED) is 0.304. The third-order valence-corrected chi connectivity index (χ3v) is 5.74. The molecule has 0 radical (unpaired) electrons. The second kappa shape index (κ2) is 14.8. The van der Waals surface area contributed by atoms with Crippen molar-refractivity contribution in [3.8, 4) is 0 Å². The third-order valence-electron chi connectivity index (χ3n) is 5.74. The molecule has 2 aliphatic heterocycles. The number of hydrogen-bond donors (Lipinski definition) is 1. The highest BCUT2D eigenvalue weighted by Crippen LogP contribution is 2.27. The first-order chi connectivity index (χ1) is 14.2. The van der Waals surface area contributed by atoms with Gasteiger partial charge in [-0.25, -0.2) is 0 Å². The molecule has 2 fully saturated rings. The van der Waals surface area contributed by atoms with Crippen LogP contribution < -0.4 is 0 Å². The molecule has 0 amide bonds. The fraction of sp³-hybridized carbons (Fsp3) is 0.792. The fourth-order valence-corrected chi connectivity index (χ4v) is 3.92. The normalized spacial score (nSPS) is 26.4. The van der Waals surface area contributed by atoms with E-state index in [0.29, 0.717) is 18.3 Å². The van der Waals surface area contributed by atoms with Gasteiger partial charge in [-0.3, -0.25) is 4.79 Å². The zero-order chi connectivity index (χ0) is 20.7. The van der Waals surface area contributed by atoms with Gasteiger partial charge in [0.25, 0.3) is 0 Å². The van der Waals surface area contributed by atoms with Gasteiger partial charge in [-0.2, -0.15) is 0 Å². The SMILES string of the molecule is CCCCCC(C=C[C@@H]1COC[C@@H]1CC=CCCCC(=O)O)OC1CCCCO1. The lowest BCUT2D eigenvalue weighted by Crippen LogP contribution is -2.27. The number of ether oxygens (including phenoxy) is 3. The van der Waals surface area contributed by atoms with E-state index in [1.165, 1.54) is 25.7 Å². The van der Waals surface area contributed by atoms with Crippen molar-refractivity contribution in [3.05, 3.63) is 24.3 Å². The molecule has 0 aromatic rings. The number of carboxylic acids is 1. The van der Waals surface area contributed by atoms with Gasteiger partial charge in [-0.15, -0.1) is 0 Å². The molecule has 5 heteroatoms. The molecule has 1 N–H and O–H groups in total. The predicted octanol–water partition coefficient (Wildman–Crippen LogP) is 5.50. The first kappa shape index (κ1) is 24.1. The van der Waals surface area contributed by atoms with E-state index in [-0.39, 0.29) is 18.8 Å². The summed E-state index contributed by atoms with van der Waals surface area (Å²) in [6.45, 7) is 4.61. The molecule has 2 rings (SSSR count). The standard InChI is InChI=1S/C24H40O5/c1-2-3-6-12-22(29-24-14-9-10-17-28-24)16-15-21-19-27-18-20(21)11-7-4-5-8-13-23(25)26/h4,7,15-16,20-22,24H,2-3,5-6,8-14,17-19H2,1H3,(H,25,26)/t20-,21+,22?,24?/m0/s1. The van der Waals surface area contributed by atoms with Crippen LogP contribution in [-0.2, 0) is 19.0 Å². The molecule has 0 aliphatic carbocycles. The Balaban J connectivity index is 1.79. The number of aliphatic carboxylic acids is 1. The van der Waals surface area contributed by atoms with Crippen LogP contribution in [0.4, 0.5) is 0 Å². The van der Waals surface area contributed by atoms with Crippen molar-refractivity contribution in [2.24, 2.45) is 11.8 Å². The van der Waals surface area contributed by atoms with E-state index in [1.807, 2.05) is 0 Å². The van der Waals surface area contributed by atoms with Crippen molar-refractivity contribution in [2.45, 2.75) is 89.9 Å². The van der Waals surface area contributed by atoms with Crippen molar-refractivity contribution < 1.29 is 24.1 Å². The molecule has 0 saturated carbocycles. The average molecular weight is 409 g/mol. The van der Waals surface area contributed by atoms with Crippen LogP contribution >= 0.6 is 0 Å². The van der Waals surface area contributed by atoms with Gasteiger partial charge in [0, 0.05) is 18.9 Å². The highest BCUT2D eigenvalue weighted by molar-refractivity contribution is 5.66. The topological polar surface area (TPSA) is 65.0 Å². The fourth-order valence-electron chi connectivity index (χ4n) is 3.92. The molecule has 29 heavy (non-hydrogen) atoms. The summed E-state index contributed by atoms with van der Waals surface area (Å²) in [6, 6.07) is 0. The van der Waals surface area contributed by atoms with Crippen molar-refractivity contribution in [2.75, 3.05) is 19.8 Å². The predicted molar refractivity (Wildman–Crippen MR) is 115 cm³/mol. The minimum absolute atomic E-state index is 0.0515. The zero-order valence-corrected chi connectivity index (χ0v) is 18.1. The van der Waals surface area contributed by atoms with E-state index in [1.54, 1.807) is 0 Å². The molecule has 2 aliphatic rings. The van der Waals surface area contributed by atoms with Gasteiger partial charge in [-0.05, 0) is 50.9 Å². The first-order valence-corrected chi connectivity index (χ1v) is 11.6. The molecular formula is C24H40O5. The molecule has 0 bridgehead atoms. The van der Waals surface area contributed by atoms with Crippen LogP contribution in [0.2, 0.25) is 0 Å². The smallest absolute Gasteiger partial charge is 0.303 e. The van der Waals surface area contributed by atoms with Crippen LogP contribution in [0.25, 0.3) is 0 Å². The number of rotatable bonds is 14. The van der Waals surface area contributed by atoms with Gasteiger partial charge in [0.05, 0.1) is 19.3 Å². The number of carboxylic acid groups (broad SMARTS) is 1. The number of unbranched alkanes of at least 4 members (excludes halogenated alkanes) is 3. The van der Waals surface area contributed by atoms with Crippen LogP contribution in [0, 0.1) is 11.8 Å². The maximum Gasteiger partial charge on any atom is 0.303 e. The Bertz CT molecular complexity index is 495. The maximum atomic E-state index is 10.6. The summed E-state index contributed by atoms with van der Waals surface area (Å²) >= 11 is 0.